The van der Waals surface area contributed by atoms with Gasteiger partial charge in [0.1, 0.15) is 0 Å². The van der Waals surface area contributed by atoms with E-state index in [0.717, 1.165) is 6.07 Å². The number of sulfonamides is 1. The third-order valence-corrected chi connectivity index (χ3v) is 4.19. The van der Waals surface area contributed by atoms with Crippen molar-refractivity contribution in [2.75, 3.05) is 4.72 Å². The van der Waals surface area contributed by atoms with Gasteiger partial charge in [0.2, 0.25) is 10.0 Å². The van der Waals surface area contributed by atoms with Crippen LogP contribution < -0.4 is 4.72 Å². The van der Waals surface area contributed by atoms with Crippen LogP contribution in [0, 0.1) is 6.92 Å². The van der Waals surface area contributed by atoms with E-state index >= 15 is 0 Å². The molecule has 0 spiro atoms. The third-order valence-electron chi connectivity index (χ3n) is 2.42. The van der Waals surface area contributed by atoms with Crippen LogP contribution in [0.3, 0.4) is 0 Å². The van der Waals surface area contributed by atoms with Gasteiger partial charge in [0, 0.05) is 5.69 Å². The van der Waals surface area contributed by atoms with Gasteiger partial charge >= 0.3 is 6.18 Å². The Morgan fingerprint density at radius 2 is 1.78 bits per heavy atom. The van der Waals surface area contributed by atoms with Crippen molar-refractivity contribution >= 4 is 15.7 Å². The van der Waals surface area contributed by atoms with Gasteiger partial charge < -0.3 is 0 Å². The fraction of sp³-hybridized carbons (Fsp3) is 0.455. The van der Waals surface area contributed by atoms with Gasteiger partial charge in [0.05, 0.1) is 10.8 Å². The Hall–Kier alpha value is -1.24. The summed E-state index contributed by atoms with van der Waals surface area (Å²) in [5.41, 5.74) is -0.872. The van der Waals surface area contributed by atoms with E-state index in [4.69, 9.17) is 0 Å². The highest BCUT2D eigenvalue weighted by molar-refractivity contribution is 7.93. The predicted octanol–water partition coefficient (Wildman–Crippen LogP) is 3.16. The second-order valence-electron chi connectivity index (χ2n) is 4.22. The molecule has 102 valence electrons. The minimum Gasteiger partial charge on any atom is -0.283 e. The highest BCUT2D eigenvalue weighted by atomic mass is 32.2. The summed E-state index contributed by atoms with van der Waals surface area (Å²) in [6.07, 6.45) is -4.50. The van der Waals surface area contributed by atoms with Crippen LogP contribution in [0.2, 0.25) is 0 Å². The summed E-state index contributed by atoms with van der Waals surface area (Å²) in [4.78, 5) is 0. The zero-order chi connectivity index (χ0) is 14.1. The summed E-state index contributed by atoms with van der Waals surface area (Å²) in [5, 5.41) is -0.715. The maximum absolute atomic E-state index is 12.6. The van der Waals surface area contributed by atoms with Crippen molar-refractivity contribution in [3.63, 3.8) is 0 Å². The molecule has 1 rings (SSSR count). The Labute approximate surface area is 104 Å². The molecule has 0 aromatic heterocycles. The molecule has 0 aliphatic carbocycles. The van der Waals surface area contributed by atoms with Gasteiger partial charge in [0.15, 0.2) is 0 Å². The Kier molecular flexibility index (Phi) is 3.95. The van der Waals surface area contributed by atoms with E-state index in [1.807, 2.05) is 0 Å². The SMILES string of the molecule is Cc1ccc(NS(=O)(=O)C(C)C)cc1C(F)(F)F. The smallest absolute Gasteiger partial charge is 0.283 e. The molecule has 0 unspecified atom stereocenters. The van der Waals surface area contributed by atoms with Crippen LogP contribution in [0.4, 0.5) is 18.9 Å². The van der Waals surface area contributed by atoms with Crippen LogP contribution in [0.25, 0.3) is 0 Å². The van der Waals surface area contributed by atoms with Gasteiger partial charge in [-0.3, -0.25) is 4.72 Å². The minimum atomic E-state index is -4.50. The maximum Gasteiger partial charge on any atom is 0.416 e. The molecule has 0 aliphatic rings. The van der Waals surface area contributed by atoms with Crippen LogP contribution in [-0.4, -0.2) is 13.7 Å². The Balaban J connectivity index is 3.15. The lowest BCUT2D eigenvalue weighted by atomic mass is 10.1. The number of nitrogens with one attached hydrogen (secondary N) is 1. The van der Waals surface area contributed by atoms with Gasteiger partial charge in [-0.15, -0.1) is 0 Å². The highest BCUT2D eigenvalue weighted by Crippen LogP contribution is 2.33. The van der Waals surface area contributed by atoms with E-state index < -0.39 is 27.0 Å². The molecule has 3 nitrogen and oxygen atoms in total. The first-order valence-electron chi connectivity index (χ1n) is 5.23. The van der Waals surface area contributed by atoms with Crippen molar-refractivity contribution in [3.05, 3.63) is 29.3 Å². The second-order valence-corrected chi connectivity index (χ2v) is 6.46. The van der Waals surface area contributed by atoms with E-state index in [9.17, 15) is 21.6 Å². The summed E-state index contributed by atoms with van der Waals surface area (Å²) in [7, 11) is -3.64. The zero-order valence-electron chi connectivity index (χ0n) is 10.2. The lowest BCUT2D eigenvalue weighted by Gasteiger charge is -2.14. The molecule has 0 bridgehead atoms. The molecule has 1 N–H and O–H groups in total. The monoisotopic (exact) mass is 281 g/mol. The third kappa shape index (κ3) is 3.38. The average Bonchev–Trinajstić information content (AvgIpc) is 2.18. The molecule has 18 heavy (non-hydrogen) atoms. The molecular formula is C11H14F3NO2S. The first-order valence-corrected chi connectivity index (χ1v) is 6.78. The first kappa shape index (κ1) is 14.8. The highest BCUT2D eigenvalue weighted by Gasteiger charge is 2.32. The molecule has 1 aromatic carbocycles. The van der Waals surface area contributed by atoms with E-state index in [2.05, 4.69) is 4.72 Å². The van der Waals surface area contributed by atoms with Gasteiger partial charge in [-0.05, 0) is 38.5 Å². The summed E-state index contributed by atoms with van der Waals surface area (Å²) in [6, 6.07) is 3.35. The topological polar surface area (TPSA) is 46.2 Å². The standard InChI is InChI=1S/C11H14F3NO2S/c1-7(2)18(16,17)15-9-5-4-8(3)10(6-9)11(12,13)14/h4-7,15H,1-3H3. The summed E-state index contributed by atoms with van der Waals surface area (Å²) in [5.74, 6) is 0. The molecular weight excluding hydrogens is 267 g/mol. The lowest BCUT2D eigenvalue weighted by molar-refractivity contribution is -0.138. The minimum absolute atomic E-state index is 0.0509. The van der Waals surface area contributed by atoms with Crippen LogP contribution in [-0.2, 0) is 16.2 Å². The number of hydrogen-bond donors (Lipinski definition) is 1. The number of alkyl halides is 3. The van der Waals surface area contributed by atoms with Crippen molar-refractivity contribution in [1.29, 1.82) is 0 Å². The maximum atomic E-state index is 12.6. The van der Waals surface area contributed by atoms with Crippen LogP contribution in [0.15, 0.2) is 18.2 Å². The van der Waals surface area contributed by atoms with Crippen molar-refractivity contribution in [2.24, 2.45) is 0 Å². The summed E-state index contributed by atoms with van der Waals surface area (Å²) < 4.78 is 63.2. The Morgan fingerprint density at radius 3 is 2.22 bits per heavy atom. The predicted molar refractivity (Wildman–Crippen MR) is 63.9 cm³/mol. The van der Waals surface area contributed by atoms with E-state index in [-0.39, 0.29) is 11.3 Å². The molecule has 0 amide bonds. The normalized spacial score (nSPS) is 12.8. The number of rotatable bonds is 3. The van der Waals surface area contributed by atoms with Crippen molar-refractivity contribution < 1.29 is 21.6 Å². The van der Waals surface area contributed by atoms with E-state index in [1.54, 1.807) is 0 Å². The van der Waals surface area contributed by atoms with Crippen LogP contribution in [0.1, 0.15) is 25.0 Å². The average molecular weight is 281 g/mol. The molecule has 1 aromatic rings. The van der Waals surface area contributed by atoms with E-state index in [1.165, 1.54) is 32.9 Å². The fourth-order valence-corrected chi connectivity index (χ4v) is 1.96. The molecule has 0 fully saturated rings. The molecule has 0 heterocycles. The van der Waals surface area contributed by atoms with Crippen LogP contribution >= 0.6 is 0 Å². The number of benzene rings is 1. The lowest BCUT2D eigenvalue weighted by Crippen LogP contribution is -2.22. The number of anilines is 1. The number of aryl methyl sites for hydroxylation is 1. The number of halogens is 3. The first-order chi connectivity index (χ1) is 8.04. The summed E-state index contributed by atoms with van der Waals surface area (Å²) in [6.45, 7) is 4.21. The fourth-order valence-electron chi connectivity index (χ4n) is 1.27. The zero-order valence-corrected chi connectivity index (χ0v) is 11.0. The second kappa shape index (κ2) is 4.79. The molecule has 0 atom stereocenters. The van der Waals surface area contributed by atoms with Crippen molar-refractivity contribution in [2.45, 2.75) is 32.2 Å². The molecule has 0 saturated heterocycles. The molecule has 0 aliphatic heterocycles. The molecule has 7 heteroatoms. The van der Waals surface area contributed by atoms with Gasteiger partial charge in [-0.2, -0.15) is 13.2 Å². The van der Waals surface area contributed by atoms with Gasteiger partial charge in [-0.25, -0.2) is 8.42 Å². The summed E-state index contributed by atoms with van der Waals surface area (Å²) >= 11 is 0. The Morgan fingerprint density at radius 1 is 1.22 bits per heavy atom. The van der Waals surface area contributed by atoms with Crippen LogP contribution in [0.5, 0.6) is 0 Å². The largest absolute Gasteiger partial charge is 0.416 e. The van der Waals surface area contributed by atoms with Gasteiger partial charge in [-0.1, -0.05) is 6.07 Å². The molecule has 0 radical (unpaired) electrons. The van der Waals surface area contributed by atoms with E-state index in [0.29, 0.717) is 0 Å². The molecule has 0 saturated carbocycles. The number of hydrogen-bond acceptors (Lipinski definition) is 2. The van der Waals surface area contributed by atoms with Crippen molar-refractivity contribution in [1.82, 2.24) is 0 Å². The van der Waals surface area contributed by atoms with Gasteiger partial charge in [0.25, 0.3) is 0 Å². The quantitative estimate of drug-likeness (QED) is 0.925. The Bertz CT molecular complexity index is 536. The van der Waals surface area contributed by atoms with Crippen molar-refractivity contribution in [3.8, 4) is 0 Å².